The van der Waals surface area contributed by atoms with Crippen molar-refractivity contribution in [3.05, 3.63) is 24.3 Å². The van der Waals surface area contributed by atoms with E-state index in [4.69, 9.17) is 5.73 Å². The smallest absolute Gasteiger partial charge is 0.240 e. The van der Waals surface area contributed by atoms with Crippen LogP contribution in [0.3, 0.4) is 0 Å². The van der Waals surface area contributed by atoms with Crippen LogP contribution >= 0.6 is 0 Å². The fourth-order valence-electron chi connectivity index (χ4n) is 1.27. The Bertz CT molecular complexity index is 514. The predicted molar refractivity (Wildman–Crippen MR) is 69.6 cm³/mol. The average molecular weight is 271 g/mol. The third kappa shape index (κ3) is 4.10. The lowest BCUT2D eigenvalue weighted by Crippen LogP contribution is -2.25. The van der Waals surface area contributed by atoms with Gasteiger partial charge in [-0.25, -0.2) is 13.1 Å². The van der Waals surface area contributed by atoms with E-state index in [9.17, 15) is 13.2 Å². The molecule has 7 heteroatoms. The van der Waals surface area contributed by atoms with Crippen molar-refractivity contribution in [3.63, 3.8) is 0 Å². The molecule has 100 valence electrons. The molecule has 0 radical (unpaired) electrons. The van der Waals surface area contributed by atoms with Gasteiger partial charge in [-0.05, 0) is 24.6 Å². The van der Waals surface area contributed by atoms with E-state index in [0.29, 0.717) is 18.7 Å². The Balaban J connectivity index is 2.91. The Morgan fingerprint density at radius 2 is 2.11 bits per heavy atom. The van der Waals surface area contributed by atoms with E-state index in [0.717, 1.165) is 0 Å². The third-order valence-corrected chi connectivity index (χ3v) is 3.61. The lowest BCUT2D eigenvalue weighted by atomic mass is 10.3. The van der Waals surface area contributed by atoms with E-state index < -0.39 is 10.0 Å². The fraction of sp³-hybridized carbons (Fsp3) is 0.364. The predicted octanol–water partition coefficient (Wildman–Crippen LogP) is 0.272. The summed E-state index contributed by atoms with van der Waals surface area (Å²) < 4.78 is 26.2. The zero-order valence-corrected chi connectivity index (χ0v) is 11.0. The van der Waals surface area contributed by atoms with Gasteiger partial charge < -0.3 is 11.1 Å². The fourth-order valence-corrected chi connectivity index (χ4v) is 2.45. The Hall–Kier alpha value is -1.44. The number of anilines is 1. The molecule has 1 rings (SSSR count). The number of sulfonamides is 1. The number of carbonyl (C=O) groups is 1. The molecule has 0 bridgehead atoms. The summed E-state index contributed by atoms with van der Waals surface area (Å²) in [5, 5.41) is 2.50. The highest BCUT2D eigenvalue weighted by Gasteiger charge is 2.13. The van der Waals surface area contributed by atoms with Crippen LogP contribution in [0.1, 0.15) is 13.3 Å². The minimum absolute atomic E-state index is 0.116. The number of rotatable bonds is 6. The maximum atomic E-state index is 11.9. The van der Waals surface area contributed by atoms with Crippen molar-refractivity contribution in [1.82, 2.24) is 4.72 Å². The van der Waals surface area contributed by atoms with Gasteiger partial charge >= 0.3 is 0 Å². The highest BCUT2D eigenvalue weighted by molar-refractivity contribution is 7.89. The number of nitrogens with one attached hydrogen (secondary N) is 2. The Kier molecular flexibility index (Phi) is 5.26. The molecule has 1 aromatic carbocycles. The molecule has 0 aliphatic heterocycles. The molecule has 6 nitrogen and oxygen atoms in total. The Morgan fingerprint density at radius 1 is 1.39 bits per heavy atom. The molecule has 0 spiro atoms. The van der Waals surface area contributed by atoms with Crippen LogP contribution in [-0.4, -0.2) is 27.4 Å². The number of amides is 1. The van der Waals surface area contributed by atoms with Crippen LogP contribution in [0.15, 0.2) is 29.2 Å². The molecule has 0 aromatic heterocycles. The first-order valence-corrected chi connectivity index (χ1v) is 7.07. The highest BCUT2D eigenvalue weighted by Crippen LogP contribution is 2.15. The molecule has 0 atom stereocenters. The summed E-state index contributed by atoms with van der Waals surface area (Å²) in [6.45, 7) is 2.10. The Morgan fingerprint density at radius 3 is 2.72 bits per heavy atom. The van der Waals surface area contributed by atoms with Crippen molar-refractivity contribution in [2.45, 2.75) is 18.2 Å². The van der Waals surface area contributed by atoms with Gasteiger partial charge in [-0.3, -0.25) is 4.79 Å². The van der Waals surface area contributed by atoms with Gasteiger partial charge in [0.05, 0.1) is 11.4 Å². The van der Waals surface area contributed by atoms with E-state index in [1.165, 1.54) is 12.1 Å². The van der Waals surface area contributed by atoms with Crippen LogP contribution in [-0.2, 0) is 14.8 Å². The molecule has 1 aromatic rings. The molecular formula is C11H17N3O3S. The van der Waals surface area contributed by atoms with Crippen molar-refractivity contribution in [3.8, 4) is 0 Å². The number of hydrogen-bond donors (Lipinski definition) is 3. The summed E-state index contributed by atoms with van der Waals surface area (Å²) in [5.74, 6) is -0.369. The van der Waals surface area contributed by atoms with Gasteiger partial charge in [0.2, 0.25) is 15.9 Å². The van der Waals surface area contributed by atoms with E-state index in [-0.39, 0.29) is 17.3 Å². The van der Waals surface area contributed by atoms with Crippen LogP contribution < -0.4 is 15.8 Å². The van der Waals surface area contributed by atoms with Crippen molar-refractivity contribution in [2.75, 3.05) is 18.4 Å². The molecular weight excluding hydrogens is 254 g/mol. The summed E-state index contributed by atoms with van der Waals surface area (Å²) in [5.41, 5.74) is 5.57. The van der Waals surface area contributed by atoms with E-state index in [1.54, 1.807) is 12.1 Å². The number of hydrogen-bond acceptors (Lipinski definition) is 4. The van der Waals surface area contributed by atoms with Crippen molar-refractivity contribution >= 4 is 21.6 Å². The lowest BCUT2D eigenvalue weighted by molar-refractivity contribution is -0.114. The molecule has 18 heavy (non-hydrogen) atoms. The highest BCUT2D eigenvalue weighted by atomic mass is 32.2. The van der Waals surface area contributed by atoms with Crippen LogP contribution in [0.2, 0.25) is 0 Å². The summed E-state index contributed by atoms with van der Waals surface area (Å²) in [4.78, 5) is 11.2. The maximum absolute atomic E-state index is 11.9. The van der Waals surface area contributed by atoms with Gasteiger partial charge in [-0.1, -0.05) is 13.0 Å². The largest absolute Gasteiger partial charge is 0.325 e. The first kappa shape index (κ1) is 14.6. The van der Waals surface area contributed by atoms with Crippen molar-refractivity contribution in [1.29, 1.82) is 0 Å². The molecule has 0 unspecified atom stereocenters. The summed E-state index contributed by atoms with van der Waals surface area (Å²) in [6.07, 6.45) is 0.711. The Labute approximate surface area is 107 Å². The second-order valence-electron chi connectivity index (χ2n) is 3.68. The normalized spacial score (nSPS) is 11.2. The molecule has 0 aliphatic carbocycles. The average Bonchev–Trinajstić information content (AvgIpc) is 2.36. The summed E-state index contributed by atoms with van der Waals surface area (Å²) >= 11 is 0. The van der Waals surface area contributed by atoms with E-state index >= 15 is 0 Å². The molecule has 1 amide bonds. The summed E-state index contributed by atoms with van der Waals surface area (Å²) in [6, 6.07) is 6.03. The standard InChI is InChI=1S/C11H17N3O3S/c1-2-6-13-18(16,17)10-5-3-4-9(7-10)14-11(15)8-12/h3-5,7,13H,2,6,8,12H2,1H3,(H,14,15). The first-order chi connectivity index (χ1) is 8.49. The van der Waals surface area contributed by atoms with Crippen LogP contribution in [0.25, 0.3) is 0 Å². The molecule has 4 N–H and O–H groups in total. The summed E-state index contributed by atoms with van der Waals surface area (Å²) in [7, 11) is -3.52. The molecule has 0 aliphatic rings. The van der Waals surface area contributed by atoms with Crippen molar-refractivity contribution < 1.29 is 13.2 Å². The van der Waals surface area contributed by atoms with E-state index in [2.05, 4.69) is 10.0 Å². The van der Waals surface area contributed by atoms with Crippen molar-refractivity contribution in [2.24, 2.45) is 5.73 Å². The third-order valence-electron chi connectivity index (χ3n) is 2.16. The monoisotopic (exact) mass is 271 g/mol. The van der Waals surface area contributed by atoms with E-state index in [1.807, 2.05) is 6.92 Å². The number of carbonyl (C=O) groups excluding carboxylic acids is 1. The van der Waals surface area contributed by atoms with Gasteiger partial charge in [0.25, 0.3) is 0 Å². The first-order valence-electron chi connectivity index (χ1n) is 5.59. The van der Waals surface area contributed by atoms with Gasteiger partial charge in [0.15, 0.2) is 0 Å². The zero-order chi connectivity index (χ0) is 13.6. The maximum Gasteiger partial charge on any atom is 0.240 e. The van der Waals surface area contributed by atoms with Crippen LogP contribution in [0, 0.1) is 0 Å². The number of benzene rings is 1. The lowest BCUT2D eigenvalue weighted by Gasteiger charge is -2.08. The second kappa shape index (κ2) is 6.48. The second-order valence-corrected chi connectivity index (χ2v) is 5.44. The topological polar surface area (TPSA) is 101 Å². The molecule has 0 saturated heterocycles. The van der Waals surface area contributed by atoms with Gasteiger partial charge in [0, 0.05) is 12.2 Å². The van der Waals surface area contributed by atoms with Gasteiger partial charge in [0.1, 0.15) is 0 Å². The van der Waals surface area contributed by atoms with Gasteiger partial charge in [-0.2, -0.15) is 0 Å². The zero-order valence-electron chi connectivity index (χ0n) is 10.1. The van der Waals surface area contributed by atoms with Crippen LogP contribution in [0.5, 0.6) is 0 Å². The molecule has 0 heterocycles. The molecule has 0 saturated carbocycles. The SMILES string of the molecule is CCCNS(=O)(=O)c1cccc(NC(=O)CN)c1. The quantitative estimate of drug-likeness (QED) is 0.691. The minimum Gasteiger partial charge on any atom is -0.325 e. The van der Waals surface area contributed by atoms with Gasteiger partial charge in [-0.15, -0.1) is 0 Å². The van der Waals surface area contributed by atoms with Crippen LogP contribution in [0.4, 0.5) is 5.69 Å². The number of nitrogens with two attached hydrogens (primary N) is 1. The minimum atomic E-state index is -3.52. The molecule has 0 fully saturated rings.